The molecule has 1 aliphatic carbocycles. The number of esters is 2. The van der Waals surface area contributed by atoms with Crippen LogP contribution in [0.15, 0.2) is 36.4 Å². The van der Waals surface area contributed by atoms with Crippen LogP contribution in [0, 0.1) is 0 Å². The first-order chi connectivity index (χ1) is 12.3. The van der Waals surface area contributed by atoms with Crippen molar-refractivity contribution in [1.29, 1.82) is 0 Å². The van der Waals surface area contributed by atoms with Gasteiger partial charge in [0, 0.05) is 36.1 Å². The lowest BCUT2D eigenvalue weighted by atomic mass is 9.79. The van der Waals surface area contributed by atoms with Crippen LogP contribution in [0.3, 0.4) is 0 Å². The molecule has 0 N–H and O–H groups in total. The Balaban J connectivity index is 2.32. The zero-order valence-electron chi connectivity index (χ0n) is 14.5. The molecule has 0 saturated carbocycles. The summed E-state index contributed by atoms with van der Waals surface area (Å²) >= 11 is 0. The van der Waals surface area contributed by atoms with Gasteiger partial charge in [-0.1, -0.05) is 30.3 Å². The molecule has 3 rings (SSSR count). The van der Waals surface area contributed by atoms with Gasteiger partial charge >= 0.3 is 11.9 Å². The first-order valence-electron chi connectivity index (χ1n) is 7.98. The van der Waals surface area contributed by atoms with Crippen LogP contribution in [0.5, 0.6) is 5.75 Å². The van der Waals surface area contributed by atoms with E-state index < -0.39 is 23.8 Å². The minimum Gasteiger partial charge on any atom is -0.453 e. The smallest absolute Gasteiger partial charge is 0.308 e. The Morgan fingerprint density at radius 3 is 2.04 bits per heavy atom. The summed E-state index contributed by atoms with van der Waals surface area (Å²) in [5.74, 6) is -1.78. The van der Waals surface area contributed by atoms with Gasteiger partial charge in [-0.3, -0.25) is 19.2 Å². The van der Waals surface area contributed by atoms with E-state index in [1.54, 1.807) is 30.3 Å². The first-order valence-corrected chi connectivity index (χ1v) is 7.98. The summed E-state index contributed by atoms with van der Waals surface area (Å²) in [7, 11) is 0. The van der Waals surface area contributed by atoms with Crippen LogP contribution in [-0.2, 0) is 14.3 Å². The fraction of sp³-hybridized carbons (Fsp3) is 0.200. The predicted octanol–water partition coefficient (Wildman–Crippen LogP) is 3.01. The number of hydrogen-bond acceptors (Lipinski definition) is 6. The van der Waals surface area contributed by atoms with E-state index >= 15 is 0 Å². The largest absolute Gasteiger partial charge is 0.453 e. The van der Waals surface area contributed by atoms with Crippen LogP contribution in [0.1, 0.15) is 64.3 Å². The molecule has 0 amide bonds. The van der Waals surface area contributed by atoms with Gasteiger partial charge in [0.05, 0.1) is 5.56 Å². The first kappa shape index (κ1) is 17.5. The molecule has 26 heavy (non-hydrogen) atoms. The van der Waals surface area contributed by atoms with Crippen LogP contribution in [-0.4, -0.2) is 23.5 Å². The highest BCUT2D eigenvalue weighted by Gasteiger charge is 2.37. The van der Waals surface area contributed by atoms with Gasteiger partial charge in [-0.15, -0.1) is 0 Å². The van der Waals surface area contributed by atoms with E-state index in [2.05, 4.69) is 0 Å². The Morgan fingerprint density at radius 2 is 1.46 bits per heavy atom. The van der Waals surface area contributed by atoms with Crippen LogP contribution < -0.4 is 4.74 Å². The molecule has 2 aromatic carbocycles. The Morgan fingerprint density at radius 1 is 0.846 bits per heavy atom. The van der Waals surface area contributed by atoms with Crippen LogP contribution in [0.25, 0.3) is 0 Å². The topological polar surface area (TPSA) is 86.7 Å². The molecule has 0 spiro atoms. The van der Waals surface area contributed by atoms with E-state index in [1.165, 1.54) is 26.8 Å². The average molecular weight is 352 g/mol. The van der Waals surface area contributed by atoms with E-state index in [4.69, 9.17) is 9.47 Å². The highest BCUT2D eigenvalue weighted by atomic mass is 16.5. The van der Waals surface area contributed by atoms with Crippen molar-refractivity contribution in [3.05, 3.63) is 64.2 Å². The van der Waals surface area contributed by atoms with Gasteiger partial charge in [-0.25, -0.2) is 0 Å². The summed E-state index contributed by atoms with van der Waals surface area (Å²) in [5.41, 5.74) is 1.36. The maximum atomic E-state index is 13.2. The highest BCUT2D eigenvalue weighted by Crippen LogP contribution is 2.42. The van der Waals surface area contributed by atoms with E-state index in [9.17, 15) is 19.2 Å². The monoisotopic (exact) mass is 352 g/mol. The van der Waals surface area contributed by atoms with Gasteiger partial charge in [0.15, 0.2) is 17.7 Å². The molecule has 6 nitrogen and oxygen atoms in total. The molecule has 0 bridgehead atoms. The Kier molecular flexibility index (Phi) is 4.42. The number of ether oxygens (including phenoxy) is 2. The summed E-state index contributed by atoms with van der Waals surface area (Å²) in [6.07, 6.45) is -0.870. The van der Waals surface area contributed by atoms with Crippen molar-refractivity contribution < 1.29 is 28.7 Å². The molecule has 0 fully saturated rings. The second-order valence-electron chi connectivity index (χ2n) is 5.96. The van der Waals surface area contributed by atoms with Crippen molar-refractivity contribution in [1.82, 2.24) is 0 Å². The maximum Gasteiger partial charge on any atom is 0.308 e. The molecule has 132 valence electrons. The van der Waals surface area contributed by atoms with Gasteiger partial charge in [0.2, 0.25) is 0 Å². The second kappa shape index (κ2) is 6.55. The number of benzene rings is 2. The third-order valence-corrected chi connectivity index (χ3v) is 4.09. The normalized spacial score (nSPS) is 14.9. The molecule has 0 heterocycles. The molecule has 2 aromatic rings. The fourth-order valence-electron chi connectivity index (χ4n) is 3.17. The van der Waals surface area contributed by atoms with Crippen LogP contribution >= 0.6 is 0 Å². The number of fused-ring (bicyclic) bond motifs is 2. The minimum atomic E-state index is -0.870. The van der Waals surface area contributed by atoms with Gasteiger partial charge in [-0.05, 0) is 13.0 Å². The standard InChI is InChI=1S/C20H16O6/c1-10(21)13-6-4-7-14-17(13)19(24)18-15(20(14)26-12(3)23)8-5-9-16(18)25-11(2)22/h4-9,20H,1-3H3. The number of hydrogen-bond donors (Lipinski definition) is 0. The third-order valence-electron chi connectivity index (χ3n) is 4.09. The van der Waals surface area contributed by atoms with Crippen molar-refractivity contribution in [3.8, 4) is 5.75 Å². The lowest BCUT2D eigenvalue weighted by Crippen LogP contribution is -2.26. The third kappa shape index (κ3) is 2.90. The Hall–Kier alpha value is -3.28. The number of rotatable bonds is 3. The molecular formula is C20H16O6. The fourth-order valence-corrected chi connectivity index (χ4v) is 3.17. The van der Waals surface area contributed by atoms with E-state index in [-0.39, 0.29) is 28.2 Å². The Labute approximate surface area is 149 Å². The van der Waals surface area contributed by atoms with E-state index in [1.807, 2.05) is 0 Å². The number of ketones is 2. The maximum absolute atomic E-state index is 13.2. The molecular weight excluding hydrogens is 336 g/mol. The van der Waals surface area contributed by atoms with Crippen molar-refractivity contribution >= 4 is 23.5 Å². The van der Waals surface area contributed by atoms with Gasteiger partial charge < -0.3 is 9.47 Å². The molecule has 0 saturated heterocycles. The molecule has 0 radical (unpaired) electrons. The van der Waals surface area contributed by atoms with Crippen LogP contribution in [0.2, 0.25) is 0 Å². The second-order valence-corrected chi connectivity index (χ2v) is 5.96. The lowest BCUT2D eigenvalue weighted by molar-refractivity contribution is -0.145. The van der Waals surface area contributed by atoms with Gasteiger partial charge in [-0.2, -0.15) is 0 Å². The molecule has 1 aliphatic rings. The van der Waals surface area contributed by atoms with Gasteiger partial charge in [0.25, 0.3) is 0 Å². The zero-order valence-corrected chi connectivity index (χ0v) is 14.5. The van der Waals surface area contributed by atoms with Crippen molar-refractivity contribution in [3.63, 3.8) is 0 Å². The van der Waals surface area contributed by atoms with E-state index in [0.29, 0.717) is 11.1 Å². The number of Topliss-reactive ketones (excluding diaryl/α,β-unsaturated/α-hetero) is 1. The molecule has 0 aromatic heterocycles. The predicted molar refractivity (Wildman–Crippen MR) is 91.2 cm³/mol. The quantitative estimate of drug-likeness (QED) is 0.479. The van der Waals surface area contributed by atoms with Crippen molar-refractivity contribution in [2.24, 2.45) is 0 Å². The number of carbonyl (C=O) groups is 4. The van der Waals surface area contributed by atoms with Crippen molar-refractivity contribution in [2.45, 2.75) is 26.9 Å². The molecule has 6 heteroatoms. The highest BCUT2D eigenvalue weighted by molar-refractivity contribution is 6.19. The Bertz CT molecular complexity index is 957. The zero-order chi connectivity index (χ0) is 19.0. The van der Waals surface area contributed by atoms with Crippen molar-refractivity contribution in [2.75, 3.05) is 0 Å². The van der Waals surface area contributed by atoms with Crippen LogP contribution in [0.4, 0.5) is 0 Å². The summed E-state index contributed by atoms with van der Waals surface area (Å²) in [4.78, 5) is 48.3. The van der Waals surface area contributed by atoms with Gasteiger partial charge in [0.1, 0.15) is 5.75 Å². The molecule has 0 aliphatic heterocycles. The summed E-state index contributed by atoms with van der Waals surface area (Å²) in [5, 5.41) is 0. The average Bonchev–Trinajstić information content (AvgIpc) is 2.57. The minimum absolute atomic E-state index is 0.0705. The molecule has 1 unspecified atom stereocenters. The SMILES string of the molecule is CC(=O)Oc1cccc2c1C(=O)c1c(C(C)=O)cccc1C2OC(C)=O. The summed E-state index contributed by atoms with van der Waals surface area (Å²) in [6.45, 7) is 3.85. The number of carbonyl (C=O) groups excluding carboxylic acids is 4. The van der Waals surface area contributed by atoms with E-state index in [0.717, 1.165) is 0 Å². The summed E-state index contributed by atoms with van der Waals surface area (Å²) in [6, 6.07) is 9.57. The lowest BCUT2D eigenvalue weighted by Gasteiger charge is -2.29. The molecule has 1 atom stereocenters. The summed E-state index contributed by atoms with van der Waals surface area (Å²) < 4.78 is 10.6.